The van der Waals surface area contributed by atoms with Crippen molar-refractivity contribution in [2.24, 2.45) is 0 Å². The minimum atomic E-state index is -3.37. The van der Waals surface area contributed by atoms with Crippen LogP contribution in [0.3, 0.4) is 0 Å². The van der Waals surface area contributed by atoms with Crippen LogP contribution in [0.15, 0.2) is 23.1 Å². The van der Waals surface area contributed by atoms with Crippen molar-refractivity contribution >= 4 is 10.0 Å². The highest BCUT2D eigenvalue weighted by Gasteiger charge is 2.17. The van der Waals surface area contributed by atoms with Crippen LogP contribution >= 0.6 is 0 Å². The molecule has 0 saturated heterocycles. The van der Waals surface area contributed by atoms with Gasteiger partial charge < -0.3 is 10.2 Å². The number of fused-ring (bicyclic) bond motifs is 1. The molecular formula is C14H23N3O2S. The highest BCUT2D eigenvalue weighted by Crippen LogP contribution is 2.19. The Morgan fingerprint density at radius 2 is 1.95 bits per heavy atom. The van der Waals surface area contributed by atoms with Gasteiger partial charge in [-0.05, 0) is 56.7 Å². The molecule has 5 nitrogen and oxygen atoms in total. The Morgan fingerprint density at radius 3 is 2.70 bits per heavy atom. The van der Waals surface area contributed by atoms with E-state index in [-0.39, 0.29) is 0 Å². The summed E-state index contributed by atoms with van der Waals surface area (Å²) in [6.45, 7) is 3.05. The number of hydrogen-bond donors (Lipinski definition) is 2. The number of nitrogens with zero attached hydrogens (tertiary/aromatic N) is 1. The Labute approximate surface area is 121 Å². The fourth-order valence-electron chi connectivity index (χ4n) is 2.28. The van der Waals surface area contributed by atoms with Crippen LogP contribution in [-0.2, 0) is 23.1 Å². The van der Waals surface area contributed by atoms with Crippen LogP contribution in [-0.4, -0.2) is 40.5 Å². The summed E-state index contributed by atoms with van der Waals surface area (Å²) in [5.41, 5.74) is 2.27. The van der Waals surface area contributed by atoms with E-state index in [1.807, 2.05) is 20.2 Å². The van der Waals surface area contributed by atoms with Crippen molar-refractivity contribution in [2.75, 3.05) is 27.2 Å². The highest BCUT2D eigenvalue weighted by atomic mass is 32.2. The Balaban J connectivity index is 1.90. The van der Waals surface area contributed by atoms with Gasteiger partial charge in [-0.3, -0.25) is 0 Å². The lowest BCUT2D eigenvalue weighted by atomic mass is 10.1. The van der Waals surface area contributed by atoms with Gasteiger partial charge in [-0.1, -0.05) is 6.07 Å². The van der Waals surface area contributed by atoms with Gasteiger partial charge in [-0.2, -0.15) is 0 Å². The van der Waals surface area contributed by atoms with E-state index < -0.39 is 10.0 Å². The summed E-state index contributed by atoms with van der Waals surface area (Å²) >= 11 is 0. The largest absolute Gasteiger partial charge is 0.309 e. The molecule has 0 unspecified atom stereocenters. The van der Waals surface area contributed by atoms with Crippen LogP contribution in [0.25, 0.3) is 0 Å². The maximum absolute atomic E-state index is 12.2. The molecule has 0 amide bonds. The molecule has 0 radical (unpaired) electrons. The van der Waals surface area contributed by atoms with E-state index >= 15 is 0 Å². The average molecular weight is 297 g/mol. The van der Waals surface area contributed by atoms with Gasteiger partial charge in [-0.15, -0.1) is 0 Å². The normalized spacial score (nSPS) is 14.8. The summed E-state index contributed by atoms with van der Waals surface area (Å²) in [6.07, 6.45) is 1.84. The number of hydrogen-bond acceptors (Lipinski definition) is 4. The van der Waals surface area contributed by atoms with Gasteiger partial charge in [0, 0.05) is 19.6 Å². The number of nitrogens with one attached hydrogen (secondary N) is 2. The Kier molecular flexibility index (Phi) is 5.15. The standard InChI is InChI=1S/C14H23N3O2S/c1-17(2)8-4-3-7-16-20(18,19)14-6-5-12-10-15-11-13(12)9-14/h5-6,9,15-16H,3-4,7-8,10-11H2,1-2H3. The summed E-state index contributed by atoms with van der Waals surface area (Å²) < 4.78 is 27.0. The van der Waals surface area contributed by atoms with Gasteiger partial charge in [0.05, 0.1) is 4.90 Å². The lowest BCUT2D eigenvalue weighted by molar-refractivity contribution is 0.394. The molecule has 1 aliphatic heterocycles. The van der Waals surface area contributed by atoms with Gasteiger partial charge in [0.25, 0.3) is 0 Å². The Morgan fingerprint density at radius 1 is 1.20 bits per heavy atom. The van der Waals surface area contributed by atoms with Crippen LogP contribution in [0.2, 0.25) is 0 Å². The predicted molar refractivity (Wildman–Crippen MR) is 80.0 cm³/mol. The van der Waals surface area contributed by atoms with Gasteiger partial charge in [0.1, 0.15) is 0 Å². The molecule has 0 saturated carbocycles. The van der Waals surface area contributed by atoms with Crippen molar-refractivity contribution in [1.82, 2.24) is 14.9 Å². The fourth-order valence-corrected chi connectivity index (χ4v) is 3.41. The number of unbranched alkanes of at least 4 members (excludes halogenated alkanes) is 1. The zero-order valence-electron chi connectivity index (χ0n) is 12.1. The van der Waals surface area contributed by atoms with Crippen molar-refractivity contribution in [3.8, 4) is 0 Å². The molecule has 2 N–H and O–H groups in total. The number of rotatable bonds is 7. The molecule has 1 aromatic carbocycles. The second-order valence-electron chi connectivity index (χ2n) is 5.44. The molecule has 0 atom stereocenters. The first-order chi connectivity index (χ1) is 9.49. The SMILES string of the molecule is CN(C)CCCCNS(=O)(=O)c1ccc2c(c1)CNC2. The van der Waals surface area contributed by atoms with Gasteiger partial charge in [0.2, 0.25) is 10.0 Å². The molecule has 0 fully saturated rings. The molecule has 0 aromatic heterocycles. The monoisotopic (exact) mass is 297 g/mol. The van der Waals surface area contributed by atoms with Crippen molar-refractivity contribution in [2.45, 2.75) is 30.8 Å². The van der Waals surface area contributed by atoms with Crippen LogP contribution in [0.4, 0.5) is 0 Å². The second-order valence-corrected chi connectivity index (χ2v) is 7.21. The molecule has 1 heterocycles. The Hall–Kier alpha value is -0.950. The zero-order chi connectivity index (χ0) is 14.6. The smallest absolute Gasteiger partial charge is 0.240 e. The number of sulfonamides is 1. The van der Waals surface area contributed by atoms with E-state index in [4.69, 9.17) is 0 Å². The van der Waals surface area contributed by atoms with E-state index in [9.17, 15) is 8.42 Å². The molecule has 1 aromatic rings. The first-order valence-electron chi connectivity index (χ1n) is 6.96. The van der Waals surface area contributed by atoms with E-state index in [1.165, 1.54) is 5.56 Å². The summed E-state index contributed by atoms with van der Waals surface area (Å²) in [4.78, 5) is 2.47. The third kappa shape index (κ3) is 4.02. The molecule has 6 heteroatoms. The van der Waals surface area contributed by atoms with Crippen LogP contribution < -0.4 is 10.0 Å². The van der Waals surface area contributed by atoms with E-state index in [0.29, 0.717) is 11.4 Å². The average Bonchev–Trinajstić information content (AvgIpc) is 2.85. The lowest BCUT2D eigenvalue weighted by Crippen LogP contribution is -2.25. The third-order valence-electron chi connectivity index (χ3n) is 3.44. The van der Waals surface area contributed by atoms with Crippen LogP contribution in [0.1, 0.15) is 24.0 Å². The highest BCUT2D eigenvalue weighted by molar-refractivity contribution is 7.89. The molecule has 0 spiro atoms. The first kappa shape index (κ1) is 15.4. The fraction of sp³-hybridized carbons (Fsp3) is 0.571. The van der Waals surface area contributed by atoms with Crippen molar-refractivity contribution in [3.63, 3.8) is 0 Å². The maximum atomic E-state index is 12.2. The van der Waals surface area contributed by atoms with Crippen LogP contribution in [0, 0.1) is 0 Å². The summed E-state index contributed by atoms with van der Waals surface area (Å²) in [6, 6.07) is 5.36. The molecule has 1 aliphatic rings. The van der Waals surface area contributed by atoms with E-state index in [2.05, 4.69) is 14.9 Å². The third-order valence-corrected chi connectivity index (χ3v) is 4.90. The number of benzene rings is 1. The summed E-state index contributed by atoms with van der Waals surface area (Å²) in [7, 11) is 0.659. The predicted octanol–water partition coefficient (Wildman–Crippen LogP) is 0.910. The van der Waals surface area contributed by atoms with Crippen molar-refractivity contribution in [1.29, 1.82) is 0 Å². The Bertz CT molecular complexity index is 556. The molecule has 20 heavy (non-hydrogen) atoms. The maximum Gasteiger partial charge on any atom is 0.240 e. The zero-order valence-corrected chi connectivity index (χ0v) is 13.0. The molecule has 112 valence electrons. The van der Waals surface area contributed by atoms with E-state index in [1.54, 1.807) is 12.1 Å². The molecule has 0 bridgehead atoms. The quantitative estimate of drug-likeness (QED) is 0.735. The van der Waals surface area contributed by atoms with Crippen LogP contribution in [0.5, 0.6) is 0 Å². The van der Waals surface area contributed by atoms with Gasteiger partial charge in [-0.25, -0.2) is 13.1 Å². The van der Waals surface area contributed by atoms with Crippen molar-refractivity contribution < 1.29 is 8.42 Å². The van der Waals surface area contributed by atoms with Gasteiger partial charge >= 0.3 is 0 Å². The minimum Gasteiger partial charge on any atom is -0.309 e. The van der Waals surface area contributed by atoms with E-state index in [0.717, 1.165) is 38.0 Å². The minimum absolute atomic E-state index is 0.368. The summed E-state index contributed by atoms with van der Waals surface area (Å²) in [5, 5.41) is 3.22. The topological polar surface area (TPSA) is 61.4 Å². The first-order valence-corrected chi connectivity index (χ1v) is 8.44. The molecule has 2 rings (SSSR count). The van der Waals surface area contributed by atoms with Crippen molar-refractivity contribution in [3.05, 3.63) is 29.3 Å². The molecular weight excluding hydrogens is 274 g/mol. The van der Waals surface area contributed by atoms with Gasteiger partial charge in [0.15, 0.2) is 0 Å². The molecule has 0 aliphatic carbocycles. The summed E-state index contributed by atoms with van der Waals surface area (Å²) in [5.74, 6) is 0. The second kappa shape index (κ2) is 6.67. The lowest BCUT2D eigenvalue weighted by Gasteiger charge is -2.10.